The number of furan rings is 1. The highest BCUT2D eigenvalue weighted by Gasteiger charge is 2.27. The number of morpholine rings is 1. The molecule has 2 aliphatic heterocycles. The van der Waals surface area contributed by atoms with E-state index in [2.05, 4.69) is 6.07 Å². The first-order valence-electron chi connectivity index (χ1n) is 13.9. The van der Waals surface area contributed by atoms with E-state index >= 15 is 0 Å². The second-order valence-electron chi connectivity index (χ2n) is 10.1. The predicted molar refractivity (Wildman–Crippen MR) is 161 cm³/mol. The van der Waals surface area contributed by atoms with Crippen molar-refractivity contribution in [2.24, 2.45) is 0 Å². The molecule has 12 heteroatoms. The van der Waals surface area contributed by atoms with Crippen LogP contribution in [-0.4, -0.2) is 67.5 Å². The number of nitriles is 1. The van der Waals surface area contributed by atoms with Crippen LogP contribution >= 0.6 is 11.3 Å². The van der Waals surface area contributed by atoms with Crippen molar-refractivity contribution in [2.45, 2.75) is 17.7 Å². The zero-order chi connectivity index (χ0) is 30.0. The van der Waals surface area contributed by atoms with Crippen LogP contribution in [-0.2, 0) is 19.6 Å². The second-order valence-corrected chi connectivity index (χ2v) is 13.1. The van der Waals surface area contributed by atoms with E-state index in [0.29, 0.717) is 66.7 Å². The number of carbonyl (C=O) groups excluding carboxylic acids is 1. The maximum atomic E-state index is 13.7. The zero-order valence-electron chi connectivity index (χ0n) is 23.1. The second kappa shape index (κ2) is 12.1. The highest BCUT2D eigenvalue weighted by atomic mass is 32.2. The van der Waals surface area contributed by atoms with Crippen LogP contribution in [0.25, 0.3) is 28.7 Å². The van der Waals surface area contributed by atoms with E-state index in [1.54, 1.807) is 71.6 Å². The van der Waals surface area contributed by atoms with E-state index in [9.17, 15) is 23.3 Å². The Bertz CT molecular complexity index is 1980. The minimum atomic E-state index is -3.62. The molecule has 0 N–H and O–H groups in total. The molecule has 0 radical (unpaired) electrons. The third kappa shape index (κ3) is 5.72. The molecule has 6 rings (SSSR count). The van der Waals surface area contributed by atoms with Gasteiger partial charge in [-0.2, -0.15) is 9.57 Å². The van der Waals surface area contributed by atoms with Crippen molar-refractivity contribution in [3.63, 3.8) is 0 Å². The van der Waals surface area contributed by atoms with Crippen LogP contribution in [0.4, 0.5) is 0 Å². The third-order valence-corrected chi connectivity index (χ3v) is 10.4. The molecule has 43 heavy (non-hydrogen) atoms. The Balaban J connectivity index is 1.37. The van der Waals surface area contributed by atoms with Gasteiger partial charge in [0.2, 0.25) is 10.0 Å². The normalized spacial score (nSPS) is 17.2. The molecule has 2 aromatic carbocycles. The van der Waals surface area contributed by atoms with Crippen molar-refractivity contribution in [2.75, 3.05) is 39.4 Å². The summed E-state index contributed by atoms with van der Waals surface area (Å²) in [4.78, 5) is 28.8. The number of thiazole rings is 1. The number of aromatic nitrogens is 1. The zero-order valence-corrected chi connectivity index (χ0v) is 24.8. The Morgan fingerprint density at radius 2 is 1.63 bits per heavy atom. The lowest BCUT2D eigenvalue weighted by atomic mass is 10.2. The first-order chi connectivity index (χ1) is 20.9. The van der Waals surface area contributed by atoms with Gasteiger partial charge in [-0.3, -0.25) is 14.2 Å². The van der Waals surface area contributed by atoms with Crippen molar-refractivity contribution < 1.29 is 22.4 Å². The quantitative estimate of drug-likeness (QED) is 0.326. The van der Waals surface area contributed by atoms with Crippen LogP contribution in [0.5, 0.6) is 0 Å². The van der Waals surface area contributed by atoms with E-state index in [1.807, 2.05) is 6.07 Å². The fourth-order valence-electron chi connectivity index (χ4n) is 5.17. The molecule has 4 heterocycles. The monoisotopic (exact) mass is 616 g/mol. The molecule has 0 aliphatic carbocycles. The van der Waals surface area contributed by atoms with E-state index in [1.165, 1.54) is 8.87 Å². The number of sulfonamides is 1. The average Bonchev–Trinajstić information content (AvgIpc) is 3.81. The fourth-order valence-corrected chi connectivity index (χ4v) is 7.65. The molecule has 10 nitrogen and oxygen atoms in total. The molecule has 220 valence electrons. The summed E-state index contributed by atoms with van der Waals surface area (Å²) in [5.41, 5.74) is 0.779. The maximum absolute atomic E-state index is 13.7. The van der Waals surface area contributed by atoms with Crippen molar-refractivity contribution in [3.05, 3.63) is 92.0 Å². The summed E-state index contributed by atoms with van der Waals surface area (Å²) in [6.07, 6.45) is 3.35. The van der Waals surface area contributed by atoms with Gasteiger partial charge < -0.3 is 14.1 Å². The van der Waals surface area contributed by atoms with Crippen LogP contribution in [0.2, 0.25) is 0 Å². The number of nitrogens with zero attached hydrogens (tertiary/aromatic N) is 4. The molecule has 0 atom stereocenters. The summed E-state index contributed by atoms with van der Waals surface area (Å²) >= 11 is 1.07. The Kier molecular flexibility index (Phi) is 8.14. The van der Waals surface area contributed by atoms with Crippen molar-refractivity contribution >= 4 is 38.9 Å². The summed E-state index contributed by atoms with van der Waals surface area (Å²) in [6, 6.07) is 20.9. The highest BCUT2D eigenvalue weighted by Crippen LogP contribution is 2.25. The maximum Gasteiger partial charge on any atom is 0.273 e. The fraction of sp³-hybridized carbons (Fsp3) is 0.258. The van der Waals surface area contributed by atoms with Crippen LogP contribution in [0.1, 0.15) is 18.6 Å². The molecule has 0 saturated carbocycles. The predicted octanol–water partition coefficient (Wildman–Crippen LogP) is 2.31. The number of benzene rings is 2. The van der Waals surface area contributed by atoms with Gasteiger partial charge in [-0.1, -0.05) is 18.2 Å². The number of amides is 1. The topological polar surface area (TPSA) is 126 Å². The Morgan fingerprint density at radius 3 is 2.30 bits per heavy atom. The van der Waals surface area contributed by atoms with Crippen molar-refractivity contribution in [3.8, 4) is 23.1 Å². The number of hydrogen-bond acceptors (Lipinski definition) is 8. The van der Waals surface area contributed by atoms with Gasteiger partial charge in [0, 0.05) is 37.8 Å². The van der Waals surface area contributed by atoms with Gasteiger partial charge in [0.1, 0.15) is 22.3 Å². The van der Waals surface area contributed by atoms with Crippen LogP contribution in [0, 0.1) is 11.3 Å². The summed E-state index contributed by atoms with van der Waals surface area (Å²) in [5.74, 6) is 0.515. The van der Waals surface area contributed by atoms with E-state index in [-0.39, 0.29) is 26.6 Å². The van der Waals surface area contributed by atoms with Crippen LogP contribution < -0.4 is 14.8 Å². The molecule has 2 aromatic heterocycles. The molecule has 0 spiro atoms. The lowest BCUT2D eigenvalue weighted by molar-refractivity contribution is -0.123. The SMILES string of the molecule is N#C/C(C(=O)N1CCCC1)=c1\s/c(=C\c2ccc(-c3ccc(S(=O)(=O)N4CCOCC4)cc3)o2)c(=O)n1-c1ccccc1. The minimum Gasteiger partial charge on any atom is -0.457 e. The minimum absolute atomic E-state index is 0.0697. The van der Waals surface area contributed by atoms with E-state index < -0.39 is 10.0 Å². The van der Waals surface area contributed by atoms with Gasteiger partial charge in [0.05, 0.1) is 28.3 Å². The van der Waals surface area contributed by atoms with E-state index in [4.69, 9.17) is 9.15 Å². The van der Waals surface area contributed by atoms with Crippen LogP contribution in [0.3, 0.4) is 0 Å². The third-order valence-electron chi connectivity index (χ3n) is 7.42. The number of para-hydroxylation sites is 1. The van der Waals surface area contributed by atoms with E-state index in [0.717, 1.165) is 24.2 Å². The first kappa shape index (κ1) is 28.8. The number of hydrogen-bond donors (Lipinski definition) is 0. The van der Waals surface area contributed by atoms with Gasteiger partial charge in [0.25, 0.3) is 11.5 Å². The van der Waals surface area contributed by atoms with Gasteiger partial charge in [-0.05, 0) is 61.4 Å². The molecular weight excluding hydrogens is 588 g/mol. The summed E-state index contributed by atoms with van der Waals surface area (Å²) in [7, 11) is -3.62. The molecule has 2 aliphatic rings. The van der Waals surface area contributed by atoms with Crippen molar-refractivity contribution in [1.82, 2.24) is 13.8 Å². The highest BCUT2D eigenvalue weighted by molar-refractivity contribution is 7.89. The van der Waals surface area contributed by atoms with Gasteiger partial charge in [0.15, 0.2) is 5.57 Å². The number of ether oxygens (including phenoxy) is 1. The first-order valence-corrected chi connectivity index (χ1v) is 16.1. The Labute approximate surface area is 252 Å². The molecule has 0 unspecified atom stereocenters. The molecule has 1 amide bonds. The smallest absolute Gasteiger partial charge is 0.273 e. The molecule has 2 saturated heterocycles. The lowest BCUT2D eigenvalue weighted by Gasteiger charge is -2.26. The Hall–Kier alpha value is -4.28. The summed E-state index contributed by atoms with van der Waals surface area (Å²) in [5, 5.41) is 10.0. The standard InChI is InChI=1S/C31H28N4O6S2/c32-21-26(29(36)33-14-4-5-15-33)31-35(23-6-2-1-3-7-23)30(37)28(42-31)20-24-10-13-27(41-24)22-8-11-25(12-9-22)43(38,39)34-16-18-40-19-17-34/h1-3,6-13,20H,4-5,14-19H2/b28-20-,31-26+. The van der Waals surface area contributed by atoms with Gasteiger partial charge >= 0.3 is 0 Å². The summed E-state index contributed by atoms with van der Waals surface area (Å²) in [6.45, 7) is 2.54. The largest absolute Gasteiger partial charge is 0.457 e. The average molecular weight is 617 g/mol. The Morgan fingerprint density at radius 1 is 0.930 bits per heavy atom. The molecule has 0 bridgehead atoms. The molecule has 2 fully saturated rings. The number of likely N-dealkylation sites (tertiary alicyclic amines) is 1. The number of carbonyl (C=O) groups is 1. The van der Waals surface area contributed by atoms with Gasteiger partial charge in [-0.25, -0.2) is 8.42 Å². The lowest BCUT2D eigenvalue weighted by Crippen LogP contribution is -2.40. The number of rotatable bonds is 6. The van der Waals surface area contributed by atoms with Crippen molar-refractivity contribution in [1.29, 1.82) is 5.26 Å². The van der Waals surface area contributed by atoms with Crippen LogP contribution in [0.15, 0.2) is 80.8 Å². The van der Waals surface area contributed by atoms with Gasteiger partial charge in [-0.15, -0.1) is 11.3 Å². The molecular formula is C31H28N4O6S2. The summed E-state index contributed by atoms with van der Waals surface area (Å²) < 4.78 is 40.6. The molecule has 4 aromatic rings.